The van der Waals surface area contributed by atoms with Crippen molar-refractivity contribution < 1.29 is 14.3 Å². The van der Waals surface area contributed by atoms with E-state index >= 15 is 0 Å². The molecule has 1 N–H and O–H groups in total. The van der Waals surface area contributed by atoms with Gasteiger partial charge in [-0.2, -0.15) is 0 Å². The van der Waals surface area contributed by atoms with E-state index in [1.807, 2.05) is 54.6 Å². The van der Waals surface area contributed by atoms with Crippen molar-refractivity contribution in [3.63, 3.8) is 0 Å². The standard InChI is InChI=1S/C34H42N2O3S/c1-25-17-26(2)19-29(18-25)23-40-24-33(37)36(22-28-13-10-16-31(20-28)39-3)32(21-27-11-6-4-7-12-27)34(38)35-30-14-8-5-9-15-30/h4,6-7,10-13,16-20,30,32H,5,8-9,14-15,21-24H2,1-3H3,(H,35,38)/t32-/m1/s1. The van der Waals surface area contributed by atoms with Crippen molar-refractivity contribution in [3.8, 4) is 5.75 Å². The summed E-state index contributed by atoms with van der Waals surface area (Å²) in [6.07, 6.45) is 5.96. The van der Waals surface area contributed by atoms with Gasteiger partial charge in [0.25, 0.3) is 0 Å². The number of benzene rings is 3. The zero-order chi connectivity index (χ0) is 28.3. The molecule has 212 valence electrons. The normalized spacial score (nSPS) is 14.4. The molecule has 0 spiro atoms. The van der Waals surface area contributed by atoms with Crippen LogP contribution in [-0.4, -0.2) is 41.7 Å². The minimum atomic E-state index is -0.607. The maximum Gasteiger partial charge on any atom is 0.243 e. The van der Waals surface area contributed by atoms with Gasteiger partial charge in [0.2, 0.25) is 11.8 Å². The van der Waals surface area contributed by atoms with E-state index in [-0.39, 0.29) is 17.9 Å². The molecule has 3 aromatic carbocycles. The van der Waals surface area contributed by atoms with Crippen LogP contribution in [0.25, 0.3) is 0 Å². The number of amides is 2. The van der Waals surface area contributed by atoms with E-state index in [9.17, 15) is 9.59 Å². The lowest BCUT2D eigenvalue weighted by Gasteiger charge is -2.33. The molecule has 5 nitrogen and oxygen atoms in total. The average Bonchev–Trinajstić information content (AvgIpc) is 2.95. The maximum absolute atomic E-state index is 13.9. The number of methoxy groups -OCH3 is 1. The molecule has 1 atom stereocenters. The Morgan fingerprint density at radius 1 is 0.900 bits per heavy atom. The molecule has 1 aliphatic rings. The number of rotatable bonds is 12. The van der Waals surface area contributed by atoms with Crippen LogP contribution in [0.1, 0.15) is 59.9 Å². The van der Waals surface area contributed by atoms with E-state index in [1.54, 1.807) is 23.8 Å². The van der Waals surface area contributed by atoms with Crippen molar-refractivity contribution in [3.05, 3.63) is 101 Å². The topological polar surface area (TPSA) is 58.6 Å². The molecule has 1 aliphatic carbocycles. The van der Waals surface area contributed by atoms with Crippen LogP contribution < -0.4 is 10.1 Å². The molecule has 0 bridgehead atoms. The van der Waals surface area contributed by atoms with Crippen LogP contribution in [0, 0.1) is 13.8 Å². The summed E-state index contributed by atoms with van der Waals surface area (Å²) < 4.78 is 5.45. The first-order chi connectivity index (χ1) is 19.4. The van der Waals surface area contributed by atoms with Gasteiger partial charge in [0, 0.05) is 24.8 Å². The van der Waals surface area contributed by atoms with Gasteiger partial charge in [0.05, 0.1) is 12.9 Å². The summed E-state index contributed by atoms with van der Waals surface area (Å²) in [6.45, 7) is 4.54. The third-order valence-corrected chi connectivity index (χ3v) is 8.47. The van der Waals surface area contributed by atoms with E-state index in [0.717, 1.165) is 48.3 Å². The summed E-state index contributed by atoms with van der Waals surface area (Å²) in [5.74, 6) is 1.70. The van der Waals surface area contributed by atoms with Gasteiger partial charge in [-0.1, -0.05) is 91.1 Å². The Bertz CT molecular complexity index is 1240. The SMILES string of the molecule is COc1cccc(CN(C(=O)CSCc2cc(C)cc(C)c2)[C@H](Cc2ccccc2)C(=O)NC2CCCCC2)c1. The molecule has 2 amide bonds. The van der Waals surface area contributed by atoms with E-state index in [2.05, 4.69) is 37.4 Å². The van der Waals surface area contributed by atoms with Crippen LogP contribution in [0.3, 0.4) is 0 Å². The summed E-state index contributed by atoms with van der Waals surface area (Å²) >= 11 is 1.60. The van der Waals surface area contributed by atoms with Gasteiger partial charge < -0.3 is 15.0 Å². The summed E-state index contributed by atoms with van der Waals surface area (Å²) in [7, 11) is 1.64. The van der Waals surface area contributed by atoms with Crippen LogP contribution in [0.15, 0.2) is 72.8 Å². The fourth-order valence-corrected chi connectivity index (χ4v) is 6.40. The van der Waals surface area contributed by atoms with Crippen LogP contribution in [0.2, 0.25) is 0 Å². The van der Waals surface area contributed by atoms with Crippen LogP contribution in [0.4, 0.5) is 0 Å². The molecule has 3 aromatic rings. The Hall–Kier alpha value is -3.25. The first-order valence-electron chi connectivity index (χ1n) is 14.3. The van der Waals surface area contributed by atoms with Gasteiger partial charge in [-0.15, -0.1) is 11.8 Å². The van der Waals surface area contributed by atoms with Gasteiger partial charge in [0.1, 0.15) is 11.8 Å². The van der Waals surface area contributed by atoms with Crippen molar-refractivity contribution in [2.24, 2.45) is 0 Å². The number of carbonyl (C=O) groups excluding carboxylic acids is 2. The summed E-state index contributed by atoms with van der Waals surface area (Å²) in [6, 6.07) is 23.8. The highest BCUT2D eigenvalue weighted by molar-refractivity contribution is 7.99. The summed E-state index contributed by atoms with van der Waals surface area (Å²) in [5, 5.41) is 3.31. The minimum absolute atomic E-state index is 0.0306. The second-order valence-electron chi connectivity index (χ2n) is 10.9. The number of nitrogens with zero attached hydrogens (tertiary/aromatic N) is 1. The Labute approximate surface area is 243 Å². The van der Waals surface area contributed by atoms with E-state index in [1.165, 1.54) is 23.1 Å². The van der Waals surface area contributed by atoms with Gasteiger partial charge in [0.15, 0.2) is 0 Å². The van der Waals surface area contributed by atoms with Crippen molar-refractivity contribution >= 4 is 23.6 Å². The third-order valence-electron chi connectivity index (χ3n) is 7.49. The minimum Gasteiger partial charge on any atom is -0.497 e. The number of ether oxygens (including phenoxy) is 1. The van der Waals surface area contributed by atoms with E-state index in [0.29, 0.717) is 18.7 Å². The Balaban J connectivity index is 1.58. The van der Waals surface area contributed by atoms with Crippen LogP contribution >= 0.6 is 11.8 Å². The Morgan fingerprint density at radius 3 is 2.30 bits per heavy atom. The van der Waals surface area contributed by atoms with Gasteiger partial charge >= 0.3 is 0 Å². The molecule has 1 saturated carbocycles. The van der Waals surface area contributed by atoms with Crippen molar-refractivity contribution in [2.45, 2.75) is 76.8 Å². The highest BCUT2D eigenvalue weighted by atomic mass is 32.2. The summed E-state index contributed by atoms with van der Waals surface area (Å²) in [5.41, 5.74) is 5.64. The van der Waals surface area contributed by atoms with Crippen molar-refractivity contribution in [1.82, 2.24) is 10.2 Å². The largest absolute Gasteiger partial charge is 0.497 e. The lowest BCUT2D eigenvalue weighted by molar-refractivity contribution is -0.139. The lowest BCUT2D eigenvalue weighted by Crippen LogP contribution is -2.53. The second-order valence-corrected chi connectivity index (χ2v) is 11.9. The predicted molar refractivity (Wildman–Crippen MR) is 165 cm³/mol. The smallest absolute Gasteiger partial charge is 0.243 e. The van der Waals surface area contributed by atoms with Crippen molar-refractivity contribution in [1.29, 1.82) is 0 Å². The first-order valence-corrected chi connectivity index (χ1v) is 15.5. The molecule has 0 unspecified atom stereocenters. The predicted octanol–water partition coefficient (Wildman–Crippen LogP) is 6.63. The van der Waals surface area contributed by atoms with Crippen molar-refractivity contribution in [2.75, 3.05) is 12.9 Å². The number of thioether (sulfide) groups is 1. The van der Waals surface area contributed by atoms with Gasteiger partial charge in [-0.3, -0.25) is 9.59 Å². The fourth-order valence-electron chi connectivity index (χ4n) is 5.56. The molecule has 0 radical (unpaired) electrons. The number of hydrogen-bond acceptors (Lipinski definition) is 4. The zero-order valence-electron chi connectivity index (χ0n) is 24.0. The highest BCUT2D eigenvalue weighted by Gasteiger charge is 2.32. The molecule has 0 aromatic heterocycles. The molecular formula is C34H42N2O3S. The number of carbonyl (C=O) groups is 2. The Kier molecular flexibility index (Phi) is 11.1. The number of aryl methyl sites for hydroxylation is 2. The summed E-state index contributed by atoms with van der Waals surface area (Å²) in [4.78, 5) is 29.6. The quantitative estimate of drug-likeness (QED) is 0.271. The fraction of sp³-hybridized carbons (Fsp3) is 0.412. The van der Waals surface area contributed by atoms with Gasteiger partial charge in [-0.25, -0.2) is 0 Å². The second kappa shape index (κ2) is 14.9. The Morgan fingerprint density at radius 2 is 1.60 bits per heavy atom. The average molecular weight is 559 g/mol. The van der Waals surface area contributed by atoms with Crippen LogP contribution in [0.5, 0.6) is 5.75 Å². The highest BCUT2D eigenvalue weighted by Crippen LogP contribution is 2.23. The zero-order valence-corrected chi connectivity index (χ0v) is 24.8. The molecule has 6 heteroatoms. The molecule has 4 rings (SSSR count). The molecule has 0 aliphatic heterocycles. The first kappa shape index (κ1) is 29.7. The molecule has 0 saturated heterocycles. The number of nitrogens with one attached hydrogen (secondary N) is 1. The van der Waals surface area contributed by atoms with E-state index < -0.39 is 6.04 Å². The molecule has 40 heavy (non-hydrogen) atoms. The van der Waals surface area contributed by atoms with Crippen LogP contribution in [-0.2, 0) is 28.3 Å². The van der Waals surface area contributed by atoms with Gasteiger partial charge in [-0.05, 0) is 55.5 Å². The number of hydrogen-bond donors (Lipinski definition) is 1. The molecule has 1 fully saturated rings. The third kappa shape index (κ3) is 8.88. The monoisotopic (exact) mass is 558 g/mol. The van der Waals surface area contributed by atoms with E-state index in [4.69, 9.17) is 4.74 Å². The lowest BCUT2D eigenvalue weighted by atomic mass is 9.94. The molecular weight excluding hydrogens is 516 g/mol. The maximum atomic E-state index is 13.9. The molecule has 0 heterocycles.